The molecule has 0 amide bonds. The SMILES string of the molecule is CC1(C)C2CCC1(CS(=O)(=O)[O-])C(=O)C2Br.CC1(C)C2CCC1(CS(=O)(=O)[O-])C(=O)C2Br.[Be+2]. The third-order valence-electron chi connectivity index (χ3n) is 9.08. The molecule has 0 saturated heterocycles. The van der Waals surface area contributed by atoms with E-state index in [0.29, 0.717) is 12.8 Å². The molecule has 0 aromatic heterocycles. The van der Waals surface area contributed by atoms with Crippen molar-refractivity contribution in [2.45, 2.75) is 63.0 Å². The quantitative estimate of drug-likeness (QED) is 0.261. The second-order valence-corrected chi connectivity index (χ2v) is 15.6. The van der Waals surface area contributed by atoms with Gasteiger partial charge < -0.3 is 9.11 Å². The minimum Gasteiger partial charge on any atom is -0.748 e. The fraction of sp³-hybridized carbons (Fsp3) is 0.900. The number of halogens is 2. The summed E-state index contributed by atoms with van der Waals surface area (Å²) in [6.07, 6.45) is 2.66. The number of fused-ring (bicyclic) bond motifs is 4. The van der Waals surface area contributed by atoms with Crippen molar-refractivity contribution < 1.29 is 35.5 Å². The number of Topliss-reactive ketones (excluding diaryl/α,β-unsaturated/α-hetero) is 2. The van der Waals surface area contributed by atoms with Crippen LogP contribution in [-0.2, 0) is 29.8 Å². The average Bonchev–Trinajstić information content (AvgIpc) is 3.09. The smallest absolute Gasteiger partial charge is 0.748 e. The van der Waals surface area contributed by atoms with Crippen LogP contribution < -0.4 is 0 Å². The molecule has 0 heterocycles. The van der Waals surface area contributed by atoms with E-state index in [1.54, 1.807) is 0 Å². The van der Waals surface area contributed by atoms with Crippen LogP contribution in [0.4, 0.5) is 0 Å². The van der Waals surface area contributed by atoms with Gasteiger partial charge >= 0.3 is 10.1 Å². The summed E-state index contributed by atoms with van der Waals surface area (Å²) in [5.41, 5.74) is -2.75. The average molecular weight is 629 g/mol. The second kappa shape index (κ2) is 8.70. The third-order valence-corrected chi connectivity index (χ3v) is 12.9. The summed E-state index contributed by atoms with van der Waals surface area (Å²) < 4.78 is 65.9. The van der Waals surface area contributed by atoms with Crippen LogP contribution in [0.3, 0.4) is 0 Å². The molecule has 13 heteroatoms. The molecule has 4 saturated carbocycles. The zero-order chi connectivity index (χ0) is 24.7. The number of carbonyl (C=O) groups is 2. The Morgan fingerprint density at radius 2 is 1.03 bits per heavy atom. The molecule has 33 heavy (non-hydrogen) atoms. The zero-order valence-electron chi connectivity index (χ0n) is 19.1. The zero-order valence-corrected chi connectivity index (χ0v) is 23.9. The van der Waals surface area contributed by atoms with Crippen molar-refractivity contribution in [2.75, 3.05) is 11.5 Å². The summed E-state index contributed by atoms with van der Waals surface area (Å²) in [6.45, 7) is 7.59. The van der Waals surface area contributed by atoms with Gasteiger partial charge in [-0.1, -0.05) is 59.6 Å². The van der Waals surface area contributed by atoms with Gasteiger partial charge in [0.1, 0.15) is 0 Å². The van der Waals surface area contributed by atoms with Gasteiger partial charge in [0.05, 0.1) is 41.4 Å². The Morgan fingerprint density at radius 1 is 0.758 bits per heavy atom. The summed E-state index contributed by atoms with van der Waals surface area (Å²) in [4.78, 5) is 23.7. The third kappa shape index (κ3) is 4.37. The minimum absolute atomic E-state index is 0. The number of ketones is 2. The molecule has 6 unspecified atom stereocenters. The van der Waals surface area contributed by atoms with Crippen LogP contribution in [0.1, 0.15) is 53.4 Å². The molecule has 0 aromatic rings. The molecule has 4 aliphatic rings. The molecule has 4 rings (SSSR count). The molecule has 0 spiro atoms. The maximum absolute atomic E-state index is 12.1. The van der Waals surface area contributed by atoms with Crippen LogP contribution in [0.15, 0.2) is 0 Å². The predicted molar refractivity (Wildman–Crippen MR) is 128 cm³/mol. The molecule has 0 aliphatic heterocycles. The molecular formula is C20H28BeBr2O8S2. The van der Waals surface area contributed by atoms with E-state index in [-0.39, 0.29) is 43.2 Å². The molecular weight excluding hydrogens is 601 g/mol. The van der Waals surface area contributed by atoms with E-state index >= 15 is 0 Å². The van der Waals surface area contributed by atoms with E-state index in [4.69, 9.17) is 0 Å². The van der Waals surface area contributed by atoms with Gasteiger partial charge in [-0.05, 0) is 48.3 Å². The van der Waals surface area contributed by atoms with Crippen LogP contribution in [-0.4, -0.2) is 68.8 Å². The van der Waals surface area contributed by atoms with Gasteiger partial charge in [0.25, 0.3) is 0 Å². The van der Waals surface area contributed by atoms with Crippen molar-refractivity contribution in [1.29, 1.82) is 0 Å². The van der Waals surface area contributed by atoms with Gasteiger partial charge in [0.15, 0.2) is 11.6 Å². The number of rotatable bonds is 4. The summed E-state index contributed by atoms with van der Waals surface area (Å²) in [5, 5.41) is 0. The van der Waals surface area contributed by atoms with E-state index in [0.717, 1.165) is 12.8 Å². The monoisotopic (exact) mass is 627 g/mol. The standard InChI is InChI=1S/2C10H15BrO4S.Be/c2*1-9(2)6-3-4-10(9,5-16(13,14)15)8(12)7(6)11;/h2*6-7H,3-5H2,1-2H3,(H,13,14,15);/q;;+2/p-2. The summed E-state index contributed by atoms with van der Waals surface area (Å²) >= 11 is 6.67. The van der Waals surface area contributed by atoms with Crippen LogP contribution >= 0.6 is 31.9 Å². The fourth-order valence-corrected chi connectivity index (χ4v) is 12.2. The van der Waals surface area contributed by atoms with Crippen LogP contribution in [0.5, 0.6) is 0 Å². The summed E-state index contributed by atoms with van der Waals surface area (Å²) in [5.74, 6) is -1.03. The molecule has 0 radical (unpaired) electrons. The van der Waals surface area contributed by atoms with E-state index in [9.17, 15) is 35.5 Å². The van der Waals surface area contributed by atoms with Crippen LogP contribution in [0.25, 0.3) is 0 Å². The van der Waals surface area contributed by atoms with Gasteiger partial charge in [-0.2, -0.15) is 0 Å². The minimum atomic E-state index is -4.37. The number of alkyl halides is 2. The van der Waals surface area contributed by atoms with Crippen molar-refractivity contribution >= 4 is 73.8 Å². The van der Waals surface area contributed by atoms with Crippen molar-refractivity contribution in [3.8, 4) is 0 Å². The Balaban J connectivity index is 0.000000227. The Morgan fingerprint density at radius 3 is 1.21 bits per heavy atom. The topological polar surface area (TPSA) is 149 Å². The van der Waals surface area contributed by atoms with E-state index < -0.39 is 53.4 Å². The summed E-state index contributed by atoms with van der Waals surface area (Å²) in [7, 11) is -8.74. The van der Waals surface area contributed by atoms with Gasteiger partial charge in [0.2, 0.25) is 0 Å². The summed E-state index contributed by atoms with van der Waals surface area (Å²) in [6, 6.07) is 0. The first-order valence-corrected chi connectivity index (χ1v) is 15.5. The Kier molecular flexibility index (Phi) is 7.78. The Hall–Kier alpha value is 0.289. The first-order valence-electron chi connectivity index (χ1n) is 10.5. The maximum Gasteiger partial charge on any atom is 2.00 e. The van der Waals surface area contributed by atoms with Gasteiger partial charge in [-0.25, -0.2) is 16.8 Å². The number of hydrogen-bond acceptors (Lipinski definition) is 8. The Labute approximate surface area is 216 Å². The number of hydrogen-bond donors (Lipinski definition) is 0. The molecule has 4 aliphatic carbocycles. The van der Waals surface area contributed by atoms with Crippen molar-refractivity contribution in [3.63, 3.8) is 0 Å². The molecule has 184 valence electrons. The van der Waals surface area contributed by atoms with E-state index in [2.05, 4.69) is 31.9 Å². The predicted octanol–water partition coefficient (Wildman–Crippen LogP) is 2.22. The molecule has 0 N–H and O–H groups in total. The molecule has 0 aromatic carbocycles. The molecule has 8 nitrogen and oxygen atoms in total. The first kappa shape index (κ1) is 29.5. The van der Waals surface area contributed by atoms with E-state index in [1.165, 1.54) is 0 Å². The van der Waals surface area contributed by atoms with Crippen LogP contribution in [0, 0.1) is 33.5 Å². The van der Waals surface area contributed by atoms with Crippen molar-refractivity contribution in [1.82, 2.24) is 0 Å². The second-order valence-electron chi connectivity index (χ2n) is 10.8. The van der Waals surface area contributed by atoms with Crippen molar-refractivity contribution in [3.05, 3.63) is 0 Å². The molecule has 4 fully saturated rings. The van der Waals surface area contributed by atoms with E-state index in [1.807, 2.05) is 27.7 Å². The molecule has 6 atom stereocenters. The van der Waals surface area contributed by atoms with Crippen molar-refractivity contribution in [2.24, 2.45) is 33.5 Å². The van der Waals surface area contributed by atoms with Gasteiger partial charge in [-0.3, -0.25) is 9.59 Å². The largest absolute Gasteiger partial charge is 2.00 e. The van der Waals surface area contributed by atoms with Gasteiger partial charge in [-0.15, -0.1) is 0 Å². The molecule has 4 bridgehead atoms. The van der Waals surface area contributed by atoms with Crippen LogP contribution in [0.2, 0.25) is 0 Å². The fourth-order valence-electron chi connectivity index (χ4n) is 6.94. The van der Waals surface area contributed by atoms with Gasteiger partial charge in [0, 0.05) is 10.8 Å². The maximum atomic E-state index is 12.1. The normalized spacial score (nSPS) is 40.4. The Bertz CT molecular complexity index is 974. The first-order chi connectivity index (χ1) is 14.2. The number of carbonyl (C=O) groups excluding carboxylic acids is 2.